The number of halogens is 2. The van der Waals surface area contributed by atoms with E-state index in [2.05, 4.69) is 0 Å². The maximum absolute atomic E-state index is 13.1. The zero-order chi connectivity index (χ0) is 11.1. The second kappa shape index (κ2) is 3.17. The standard InChI is InChI=1S/C10H17F2NO/c1-9(2,3)10(7(11)12)5-6-13(4)8(10)14/h7H,5-6H2,1-4H3/t10-/m1/s1. The van der Waals surface area contributed by atoms with Gasteiger partial charge < -0.3 is 4.90 Å². The van der Waals surface area contributed by atoms with E-state index >= 15 is 0 Å². The van der Waals surface area contributed by atoms with Crippen molar-refractivity contribution < 1.29 is 13.6 Å². The van der Waals surface area contributed by atoms with Gasteiger partial charge in [0.1, 0.15) is 5.41 Å². The molecule has 0 saturated carbocycles. The number of hydrogen-bond donors (Lipinski definition) is 0. The fourth-order valence-corrected chi connectivity index (χ4v) is 2.12. The molecule has 1 fully saturated rings. The molecule has 0 radical (unpaired) electrons. The van der Waals surface area contributed by atoms with Gasteiger partial charge >= 0.3 is 0 Å². The van der Waals surface area contributed by atoms with Crippen molar-refractivity contribution in [3.8, 4) is 0 Å². The molecular formula is C10H17F2NO. The highest BCUT2D eigenvalue weighted by molar-refractivity contribution is 5.85. The van der Waals surface area contributed by atoms with Gasteiger partial charge in [0.15, 0.2) is 0 Å². The van der Waals surface area contributed by atoms with Gasteiger partial charge in [-0.15, -0.1) is 0 Å². The summed E-state index contributed by atoms with van der Waals surface area (Å²) in [5.41, 5.74) is -2.18. The minimum atomic E-state index is -2.58. The molecule has 1 heterocycles. The Balaban J connectivity index is 3.14. The molecule has 1 atom stereocenters. The van der Waals surface area contributed by atoms with Crippen LogP contribution >= 0.6 is 0 Å². The highest BCUT2D eigenvalue weighted by atomic mass is 19.3. The van der Waals surface area contributed by atoms with Crippen LogP contribution in [-0.4, -0.2) is 30.8 Å². The van der Waals surface area contributed by atoms with E-state index in [-0.39, 0.29) is 6.42 Å². The van der Waals surface area contributed by atoms with E-state index in [4.69, 9.17) is 0 Å². The summed E-state index contributed by atoms with van der Waals surface area (Å²) in [5, 5.41) is 0. The number of likely N-dealkylation sites (tertiary alicyclic amines) is 1. The van der Waals surface area contributed by atoms with Crippen molar-refractivity contribution in [1.29, 1.82) is 0 Å². The number of rotatable bonds is 1. The van der Waals surface area contributed by atoms with Gasteiger partial charge in [-0.3, -0.25) is 4.79 Å². The fourth-order valence-electron chi connectivity index (χ4n) is 2.12. The summed E-state index contributed by atoms with van der Waals surface area (Å²) >= 11 is 0. The number of carbonyl (C=O) groups is 1. The Morgan fingerprint density at radius 1 is 1.43 bits per heavy atom. The van der Waals surface area contributed by atoms with Crippen LogP contribution in [0.2, 0.25) is 0 Å². The van der Waals surface area contributed by atoms with Crippen LogP contribution in [0.3, 0.4) is 0 Å². The lowest BCUT2D eigenvalue weighted by Crippen LogP contribution is -2.48. The average Bonchev–Trinajstić information content (AvgIpc) is 2.28. The van der Waals surface area contributed by atoms with E-state index in [0.717, 1.165) is 0 Å². The van der Waals surface area contributed by atoms with Crippen LogP contribution in [0.25, 0.3) is 0 Å². The van der Waals surface area contributed by atoms with E-state index in [0.29, 0.717) is 6.54 Å². The number of alkyl halides is 2. The van der Waals surface area contributed by atoms with Crippen molar-refractivity contribution in [2.24, 2.45) is 10.8 Å². The van der Waals surface area contributed by atoms with Gasteiger partial charge in [0.25, 0.3) is 6.43 Å². The zero-order valence-electron chi connectivity index (χ0n) is 9.10. The monoisotopic (exact) mass is 205 g/mol. The summed E-state index contributed by atoms with van der Waals surface area (Å²) in [6, 6.07) is 0. The Bertz CT molecular complexity index is 247. The third kappa shape index (κ3) is 1.31. The largest absolute Gasteiger partial charge is 0.345 e. The van der Waals surface area contributed by atoms with Crippen molar-refractivity contribution in [3.05, 3.63) is 0 Å². The number of hydrogen-bond acceptors (Lipinski definition) is 1. The second-order valence-corrected chi connectivity index (χ2v) is 5.00. The normalized spacial score (nSPS) is 29.1. The van der Waals surface area contributed by atoms with Crippen LogP contribution in [0.5, 0.6) is 0 Å². The first-order chi connectivity index (χ1) is 6.23. The van der Waals surface area contributed by atoms with E-state index in [1.807, 2.05) is 0 Å². The third-order valence-corrected chi connectivity index (χ3v) is 3.28. The summed E-state index contributed by atoms with van der Waals surface area (Å²) < 4.78 is 26.1. The Hall–Kier alpha value is -0.670. The Morgan fingerprint density at radius 2 is 1.93 bits per heavy atom. The van der Waals surface area contributed by atoms with Crippen LogP contribution in [0.15, 0.2) is 0 Å². The summed E-state index contributed by atoms with van der Waals surface area (Å²) in [5.74, 6) is -0.417. The summed E-state index contributed by atoms with van der Waals surface area (Å²) in [6.45, 7) is 5.54. The number of amides is 1. The van der Waals surface area contributed by atoms with Crippen LogP contribution in [0, 0.1) is 10.8 Å². The molecule has 0 spiro atoms. The molecule has 0 aromatic heterocycles. The van der Waals surface area contributed by atoms with Gasteiger partial charge in [-0.1, -0.05) is 20.8 Å². The van der Waals surface area contributed by atoms with Crippen molar-refractivity contribution >= 4 is 5.91 Å². The van der Waals surface area contributed by atoms with Gasteiger partial charge in [0, 0.05) is 13.6 Å². The van der Waals surface area contributed by atoms with Crippen LogP contribution < -0.4 is 0 Å². The maximum Gasteiger partial charge on any atom is 0.253 e. The van der Waals surface area contributed by atoms with Crippen molar-refractivity contribution in [1.82, 2.24) is 4.90 Å². The Kier molecular flexibility index (Phi) is 2.59. The molecule has 0 aromatic carbocycles. The van der Waals surface area contributed by atoms with Crippen LogP contribution in [0.1, 0.15) is 27.2 Å². The van der Waals surface area contributed by atoms with Gasteiger partial charge in [0.2, 0.25) is 5.91 Å². The molecular weight excluding hydrogens is 188 g/mol. The van der Waals surface area contributed by atoms with E-state index in [9.17, 15) is 13.6 Å². The first-order valence-electron chi connectivity index (χ1n) is 4.77. The predicted molar refractivity (Wildman–Crippen MR) is 50.1 cm³/mol. The molecule has 4 heteroatoms. The van der Waals surface area contributed by atoms with Crippen LogP contribution in [-0.2, 0) is 4.79 Å². The molecule has 2 nitrogen and oxygen atoms in total. The zero-order valence-corrected chi connectivity index (χ0v) is 9.10. The minimum absolute atomic E-state index is 0.253. The molecule has 0 N–H and O–H groups in total. The van der Waals surface area contributed by atoms with Gasteiger partial charge in [-0.25, -0.2) is 8.78 Å². The minimum Gasteiger partial charge on any atom is -0.345 e. The smallest absolute Gasteiger partial charge is 0.253 e. The Morgan fingerprint density at radius 3 is 2.07 bits per heavy atom. The lowest BCUT2D eigenvalue weighted by Gasteiger charge is -2.38. The molecule has 1 aliphatic rings. The molecule has 1 amide bonds. The van der Waals surface area contributed by atoms with E-state index < -0.39 is 23.2 Å². The summed E-state index contributed by atoms with van der Waals surface area (Å²) in [4.78, 5) is 13.2. The molecule has 0 bridgehead atoms. The Labute approximate surface area is 83.3 Å². The topological polar surface area (TPSA) is 20.3 Å². The average molecular weight is 205 g/mol. The van der Waals surface area contributed by atoms with Crippen molar-refractivity contribution in [2.45, 2.75) is 33.6 Å². The second-order valence-electron chi connectivity index (χ2n) is 5.00. The third-order valence-electron chi connectivity index (χ3n) is 3.28. The van der Waals surface area contributed by atoms with E-state index in [1.165, 1.54) is 4.90 Å². The highest BCUT2D eigenvalue weighted by Crippen LogP contribution is 2.50. The van der Waals surface area contributed by atoms with Gasteiger partial charge in [0.05, 0.1) is 0 Å². The highest BCUT2D eigenvalue weighted by Gasteiger charge is 2.59. The molecule has 82 valence electrons. The van der Waals surface area contributed by atoms with Gasteiger partial charge in [-0.2, -0.15) is 0 Å². The lowest BCUT2D eigenvalue weighted by molar-refractivity contribution is -0.154. The van der Waals surface area contributed by atoms with Gasteiger partial charge in [-0.05, 0) is 11.8 Å². The first kappa shape index (κ1) is 11.4. The molecule has 1 aliphatic heterocycles. The molecule has 1 saturated heterocycles. The number of carbonyl (C=O) groups excluding carboxylic acids is 1. The molecule has 1 rings (SSSR count). The lowest BCUT2D eigenvalue weighted by atomic mass is 9.65. The summed E-state index contributed by atoms with van der Waals surface area (Å²) in [7, 11) is 1.58. The van der Waals surface area contributed by atoms with Crippen LogP contribution in [0.4, 0.5) is 8.78 Å². The number of nitrogens with zero attached hydrogens (tertiary/aromatic N) is 1. The molecule has 0 aromatic rings. The molecule has 0 unspecified atom stereocenters. The fraction of sp³-hybridized carbons (Fsp3) is 0.900. The first-order valence-corrected chi connectivity index (χ1v) is 4.77. The van der Waals surface area contributed by atoms with Crippen molar-refractivity contribution in [2.75, 3.05) is 13.6 Å². The molecule has 14 heavy (non-hydrogen) atoms. The van der Waals surface area contributed by atoms with E-state index in [1.54, 1.807) is 27.8 Å². The summed E-state index contributed by atoms with van der Waals surface area (Å²) in [6.07, 6.45) is -2.33. The van der Waals surface area contributed by atoms with Crippen molar-refractivity contribution in [3.63, 3.8) is 0 Å². The SMILES string of the molecule is CN1CC[C@](C(F)F)(C(C)(C)C)C1=O. The maximum atomic E-state index is 13.1. The predicted octanol–water partition coefficient (Wildman–Crippen LogP) is 2.15. The molecule has 0 aliphatic carbocycles. The quantitative estimate of drug-likeness (QED) is 0.642.